The number of carbonyl (C=O) groups is 2. The lowest BCUT2D eigenvalue weighted by molar-refractivity contribution is -0.119. The molecule has 4 rings (SSSR count). The van der Waals surface area contributed by atoms with Gasteiger partial charge in [0.15, 0.2) is 5.13 Å². The van der Waals surface area contributed by atoms with E-state index in [0.717, 1.165) is 22.4 Å². The first-order chi connectivity index (χ1) is 15.4. The predicted octanol–water partition coefficient (Wildman–Crippen LogP) is 5.22. The van der Waals surface area contributed by atoms with E-state index in [1.54, 1.807) is 6.92 Å². The number of amides is 2. The first kappa shape index (κ1) is 21.5. The molecule has 0 aliphatic heterocycles. The predicted molar refractivity (Wildman–Crippen MR) is 124 cm³/mol. The van der Waals surface area contributed by atoms with Gasteiger partial charge in [-0.15, -0.1) is 11.3 Å². The third-order valence-electron chi connectivity index (χ3n) is 4.99. The molecule has 162 valence electrons. The van der Waals surface area contributed by atoms with Crippen LogP contribution in [-0.2, 0) is 4.79 Å². The van der Waals surface area contributed by atoms with Gasteiger partial charge in [0.2, 0.25) is 5.91 Å². The number of aromatic nitrogens is 2. The number of hydrogen-bond donors (Lipinski definition) is 2. The second-order valence-corrected chi connectivity index (χ2v) is 8.22. The number of benzene rings is 2. The van der Waals surface area contributed by atoms with E-state index >= 15 is 0 Å². The fourth-order valence-electron chi connectivity index (χ4n) is 3.39. The molecule has 0 bridgehead atoms. The van der Waals surface area contributed by atoms with E-state index < -0.39 is 0 Å². The number of anilines is 1. The van der Waals surface area contributed by atoms with Crippen LogP contribution in [0.15, 0.2) is 64.5 Å². The molecule has 32 heavy (non-hydrogen) atoms. The van der Waals surface area contributed by atoms with Crippen LogP contribution in [-0.4, -0.2) is 22.0 Å². The van der Waals surface area contributed by atoms with Crippen molar-refractivity contribution in [1.29, 1.82) is 0 Å². The van der Waals surface area contributed by atoms with Crippen molar-refractivity contribution in [2.24, 2.45) is 0 Å². The van der Waals surface area contributed by atoms with Crippen molar-refractivity contribution in [2.45, 2.75) is 26.8 Å². The summed E-state index contributed by atoms with van der Waals surface area (Å²) in [7, 11) is 0. The first-order valence-electron chi connectivity index (χ1n) is 10.1. The number of carbonyl (C=O) groups excluding carboxylic acids is 2. The zero-order chi connectivity index (χ0) is 22.7. The van der Waals surface area contributed by atoms with E-state index in [0.29, 0.717) is 22.1 Å². The Labute approximate surface area is 189 Å². The minimum atomic E-state index is -0.317. The first-order valence-corrected chi connectivity index (χ1v) is 11.0. The molecular formula is C24H22N4O3S. The van der Waals surface area contributed by atoms with E-state index in [2.05, 4.69) is 20.8 Å². The van der Waals surface area contributed by atoms with Crippen LogP contribution in [0.3, 0.4) is 0 Å². The molecule has 1 unspecified atom stereocenters. The summed E-state index contributed by atoms with van der Waals surface area (Å²) >= 11 is 1.35. The summed E-state index contributed by atoms with van der Waals surface area (Å²) < 4.78 is 5.28. The molecule has 2 heterocycles. The normalized spacial score (nSPS) is 11.7. The highest BCUT2D eigenvalue weighted by molar-refractivity contribution is 7.14. The number of nitrogens with one attached hydrogen (secondary N) is 2. The van der Waals surface area contributed by atoms with Gasteiger partial charge in [-0.25, -0.2) is 4.98 Å². The van der Waals surface area contributed by atoms with Gasteiger partial charge < -0.3 is 9.84 Å². The zero-order valence-corrected chi connectivity index (χ0v) is 18.7. The fourth-order valence-corrected chi connectivity index (χ4v) is 4.10. The number of rotatable bonds is 6. The average Bonchev–Trinajstić information content (AvgIpc) is 3.40. The van der Waals surface area contributed by atoms with Gasteiger partial charge in [-0.3, -0.25) is 14.9 Å². The van der Waals surface area contributed by atoms with Crippen LogP contribution in [0, 0.1) is 6.92 Å². The molecule has 8 heteroatoms. The van der Waals surface area contributed by atoms with E-state index in [1.165, 1.54) is 18.3 Å². The zero-order valence-electron chi connectivity index (χ0n) is 17.9. The molecule has 2 aromatic heterocycles. The summed E-state index contributed by atoms with van der Waals surface area (Å²) in [6.45, 7) is 5.15. The molecule has 0 spiro atoms. The summed E-state index contributed by atoms with van der Waals surface area (Å²) in [4.78, 5) is 28.8. The average molecular weight is 447 g/mol. The van der Waals surface area contributed by atoms with Gasteiger partial charge in [0.05, 0.1) is 11.7 Å². The molecule has 0 aliphatic carbocycles. The Morgan fingerprint density at radius 3 is 2.44 bits per heavy atom. The van der Waals surface area contributed by atoms with Crippen molar-refractivity contribution in [1.82, 2.24) is 15.5 Å². The Kier molecular flexibility index (Phi) is 6.13. The Bertz CT molecular complexity index is 1250. The molecular weight excluding hydrogens is 424 g/mol. The second kappa shape index (κ2) is 9.15. The van der Waals surface area contributed by atoms with Crippen molar-refractivity contribution < 1.29 is 14.1 Å². The minimum Gasteiger partial charge on any atom is -0.360 e. The Hall–Kier alpha value is -3.78. The molecule has 1 atom stereocenters. The van der Waals surface area contributed by atoms with Gasteiger partial charge in [0.25, 0.3) is 5.91 Å². The SMILES string of the molecule is CC(=O)NC(C)c1ccc(-c2csc(NC(=O)c3c(-c4ccccc4)noc3C)n2)cc1. The third-order valence-corrected chi connectivity index (χ3v) is 5.75. The molecule has 0 aliphatic rings. The van der Waals surface area contributed by atoms with Gasteiger partial charge in [0, 0.05) is 23.4 Å². The van der Waals surface area contributed by atoms with Crippen LogP contribution >= 0.6 is 11.3 Å². The lowest BCUT2D eigenvalue weighted by Crippen LogP contribution is -2.23. The molecule has 0 saturated carbocycles. The summed E-state index contributed by atoms with van der Waals surface area (Å²) in [5, 5.41) is 12.2. The Morgan fingerprint density at radius 1 is 1.03 bits per heavy atom. The topological polar surface area (TPSA) is 97.1 Å². The Balaban J connectivity index is 1.50. The van der Waals surface area contributed by atoms with Crippen molar-refractivity contribution in [3.8, 4) is 22.5 Å². The molecule has 4 aromatic rings. The van der Waals surface area contributed by atoms with Gasteiger partial charge in [0.1, 0.15) is 17.0 Å². The van der Waals surface area contributed by atoms with Gasteiger partial charge in [-0.1, -0.05) is 59.8 Å². The quantitative estimate of drug-likeness (QED) is 0.423. The Morgan fingerprint density at radius 2 is 1.75 bits per heavy atom. The summed E-state index contributed by atoms with van der Waals surface area (Å²) in [5.41, 5.74) is 4.39. The standard InChI is InChI=1S/C24H22N4O3S/c1-14(25-16(3)29)17-9-11-18(12-10-17)20-13-32-24(26-20)27-23(30)21-15(2)31-28-22(21)19-7-5-4-6-8-19/h4-14H,1-3H3,(H,25,29)(H,26,27,30). The summed E-state index contributed by atoms with van der Waals surface area (Å²) in [5.74, 6) is 0.0601. The van der Waals surface area contributed by atoms with Crippen molar-refractivity contribution in [3.05, 3.63) is 76.9 Å². The minimum absolute atomic E-state index is 0.0695. The summed E-state index contributed by atoms with van der Waals surface area (Å²) in [6.07, 6.45) is 0. The van der Waals surface area contributed by atoms with E-state index in [4.69, 9.17) is 4.52 Å². The van der Waals surface area contributed by atoms with Crippen LogP contribution in [0.4, 0.5) is 5.13 Å². The van der Waals surface area contributed by atoms with Crippen LogP contribution < -0.4 is 10.6 Å². The maximum Gasteiger partial charge on any atom is 0.263 e. The van der Waals surface area contributed by atoms with E-state index in [9.17, 15) is 9.59 Å². The molecule has 7 nitrogen and oxygen atoms in total. The highest BCUT2D eigenvalue weighted by Crippen LogP contribution is 2.29. The fraction of sp³-hybridized carbons (Fsp3) is 0.167. The lowest BCUT2D eigenvalue weighted by atomic mass is 10.0. The van der Waals surface area contributed by atoms with Gasteiger partial charge in [-0.05, 0) is 19.4 Å². The highest BCUT2D eigenvalue weighted by Gasteiger charge is 2.22. The molecule has 2 amide bonds. The van der Waals surface area contributed by atoms with Gasteiger partial charge >= 0.3 is 0 Å². The lowest BCUT2D eigenvalue weighted by Gasteiger charge is -2.13. The number of aryl methyl sites for hydroxylation is 1. The number of thiazole rings is 1. The van der Waals surface area contributed by atoms with Crippen LogP contribution in [0.1, 0.15) is 41.6 Å². The van der Waals surface area contributed by atoms with E-state index in [1.807, 2.05) is 66.9 Å². The van der Waals surface area contributed by atoms with Crippen LogP contribution in [0.5, 0.6) is 0 Å². The molecule has 0 saturated heterocycles. The van der Waals surface area contributed by atoms with E-state index in [-0.39, 0.29) is 17.9 Å². The van der Waals surface area contributed by atoms with Crippen molar-refractivity contribution in [3.63, 3.8) is 0 Å². The van der Waals surface area contributed by atoms with Crippen LogP contribution in [0.25, 0.3) is 22.5 Å². The maximum atomic E-state index is 13.0. The molecule has 2 N–H and O–H groups in total. The monoisotopic (exact) mass is 446 g/mol. The van der Waals surface area contributed by atoms with Crippen LogP contribution in [0.2, 0.25) is 0 Å². The van der Waals surface area contributed by atoms with Crippen molar-refractivity contribution >= 4 is 28.3 Å². The maximum absolute atomic E-state index is 13.0. The number of nitrogens with zero attached hydrogens (tertiary/aromatic N) is 2. The largest absolute Gasteiger partial charge is 0.360 e. The number of hydrogen-bond acceptors (Lipinski definition) is 6. The second-order valence-electron chi connectivity index (χ2n) is 7.36. The third kappa shape index (κ3) is 4.60. The molecule has 0 fully saturated rings. The smallest absolute Gasteiger partial charge is 0.263 e. The van der Waals surface area contributed by atoms with Crippen molar-refractivity contribution in [2.75, 3.05) is 5.32 Å². The molecule has 2 aromatic carbocycles. The highest BCUT2D eigenvalue weighted by atomic mass is 32.1. The molecule has 0 radical (unpaired) electrons. The summed E-state index contributed by atoms with van der Waals surface area (Å²) in [6, 6.07) is 17.2. The van der Waals surface area contributed by atoms with Gasteiger partial charge in [-0.2, -0.15) is 0 Å².